The van der Waals surface area contributed by atoms with Gasteiger partial charge in [-0.3, -0.25) is 0 Å². The van der Waals surface area contributed by atoms with Crippen molar-refractivity contribution in [1.82, 2.24) is 20.1 Å². The molecule has 0 radical (unpaired) electrons. The van der Waals surface area contributed by atoms with Gasteiger partial charge in [0.2, 0.25) is 0 Å². The molecule has 1 aliphatic rings. The quantitative estimate of drug-likeness (QED) is 0.783. The van der Waals surface area contributed by atoms with Crippen molar-refractivity contribution in [3.8, 4) is 17.5 Å². The Bertz CT molecular complexity index is 552. The standard InChI is InChI=1S/C12H11N5/c13-7-9-1-3-10(4-2-9)12-15-11-8-14-5-6-17(11)16-12/h1-4,14H,5-6,8H2. The van der Waals surface area contributed by atoms with Gasteiger partial charge in [-0.1, -0.05) is 0 Å². The minimum absolute atomic E-state index is 0.652. The second-order valence-corrected chi connectivity index (χ2v) is 3.94. The van der Waals surface area contributed by atoms with E-state index < -0.39 is 0 Å². The summed E-state index contributed by atoms with van der Waals surface area (Å²) < 4.78 is 1.93. The fourth-order valence-electron chi connectivity index (χ4n) is 1.89. The molecule has 5 nitrogen and oxygen atoms in total. The summed E-state index contributed by atoms with van der Waals surface area (Å²) in [4.78, 5) is 4.48. The third-order valence-corrected chi connectivity index (χ3v) is 2.80. The molecular weight excluding hydrogens is 214 g/mol. The SMILES string of the molecule is N#Cc1ccc(-c2nc3n(n2)CCNC3)cc1. The van der Waals surface area contributed by atoms with E-state index in [0.29, 0.717) is 5.56 Å². The molecule has 2 heterocycles. The summed E-state index contributed by atoms with van der Waals surface area (Å²) in [5.41, 5.74) is 1.60. The number of nitrogens with zero attached hydrogens (tertiary/aromatic N) is 4. The van der Waals surface area contributed by atoms with Gasteiger partial charge < -0.3 is 5.32 Å². The molecule has 1 aromatic carbocycles. The molecule has 0 saturated heterocycles. The molecule has 0 bridgehead atoms. The molecule has 0 saturated carbocycles. The fourth-order valence-corrected chi connectivity index (χ4v) is 1.89. The first-order valence-electron chi connectivity index (χ1n) is 5.52. The Hall–Kier alpha value is -2.19. The lowest BCUT2D eigenvalue weighted by Gasteiger charge is -2.11. The second kappa shape index (κ2) is 4.00. The van der Waals surface area contributed by atoms with Gasteiger partial charge in [-0.15, -0.1) is 0 Å². The highest BCUT2D eigenvalue weighted by Gasteiger charge is 2.14. The molecular formula is C12H11N5. The Labute approximate surface area is 98.7 Å². The van der Waals surface area contributed by atoms with Gasteiger partial charge >= 0.3 is 0 Å². The van der Waals surface area contributed by atoms with Crippen LogP contribution in [0.5, 0.6) is 0 Å². The van der Waals surface area contributed by atoms with Crippen molar-refractivity contribution >= 4 is 0 Å². The Morgan fingerprint density at radius 3 is 2.82 bits per heavy atom. The van der Waals surface area contributed by atoms with Crippen LogP contribution in [0.1, 0.15) is 11.4 Å². The van der Waals surface area contributed by atoms with Crippen LogP contribution >= 0.6 is 0 Å². The molecule has 0 unspecified atom stereocenters. The van der Waals surface area contributed by atoms with Crippen LogP contribution in [0.15, 0.2) is 24.3 Å². The van der Waals surface area contributed by atoms with Gasteiger partial charge in [0.15, 0.2) is 5.82 Å². The van der Waals surface area contributed by atoms with E-state index in [2.05, 4.69) is 21.5 Å². The first kappa shape index (κ1) is 10.00. The molecule has 1 aromatic heterocycles. The lowest BCUT2D eigenvalue weighted by atomic mass is 10.1. The van der Waals surface area contributed by atoms with Crippen LogP contribution in [0.25, 0.3) is 11.4 Å². The van der Waals surface area contributed by atoms with Crippen molar-refractivity contribution in [3.05, 3.63) is 35.7 Å². The first-order chi connectivity index (χ1) is 8.36. The van der Waals surface area contributed by atoms with Crippen molar-refractivity contribution in [2.75, 3.05) is 6.54 Å². The normalized spacial score (nSPS) is 14.1. The Balaban J connectivity index is 1.98. The second-order valence-electron chi connectivity index (χ2n) is 3.94. The zero-order valence-electron chi connectivity index (χ0n) is 9.22. The maximum Gasteiger partial charge on any atom is 0.181 e. The Morgan fingerprint density at radius 1 is 1.29 bits per heavy atom. The third-order valence-electron chi connectivity index (χ3n) is 2.80. The average Bonchev–Trinajstić information content (AvgIpc) is 2.82. The van der Waals surface area contributed by atoms with Gasteiger partial charge in [0, 0.05) is 12.1 Å². The summed E-state index contributed by atoms with van der Waals surface area (Å²) in [7, 11) is 0. The summed E-state index contributed by atoms with van der Waals surface area (Å²) in [6.45, 7) is 2.56. The summed E-state index contributed by atoms with van der Waals surface area (Å²) >= 11 is 0. The number of nitrogens with one attached hydrogen (secondary N) is 1. The van der Waals surface area contributed by atoms with Crippen molar-refractivity contribution in [2.24, 2.45) is 0 Å². The van der Waals surface area contributed by atoms with Crippen LogP contribution in [0, 0.1) is 11.3 Å². The van der Waals surface area contributed by atoms with E-state index in [-0.39, 0.29) is 0 Å². The first-order valence-corrected chi connectivity index (χ1v) is 5.52. The molecule has 17 heavy (non-hydrogen) atoms. The van der Waals surface area contributed by atoms with Gasteiger partial charge in [0.25, 0.3) is 0 Å². The van der Waals surface area contributed by atoms with Crippen LogP contribution < -0.4 is 5.32 Å². The molecule has 0 aliphatic carbocycles. The van der Waals surface area contributed by atoms with E-state index in [1.54, 1.807) is 12.1 Å². The highest BCUT2D eigenvalue weighted by Crippen LogP contribution is 2.17. The fraction of sp³-hybridized carbons (Fsp3) is 0.250. The largest absolute Gasteiger partial charge is 0.308 e. The lowest BCUT2D eigenvalue weighted by Crippen LogP contribution is -2.28. The molecule has 84 valence electrons. The molecule has 0 spiro atoms. The number of aromatic nitrogens is 3. The van der Waals surface area contributed by atoms with Crippen LogP contribution in [-0.4, -0.2) is 21.3 Å². The van der Waals surface area contributed by atoms with E-state index in [9.17, 15) is 0 Å². The highest BCUT2D eigenvalue weighted by atomic mass is 15.4. The van der Waals surface area contributed by atoms with Crippen molar-refractivity contribution in [3.63, 3.8) is 0 Å². The maximum atomic E-state index is 8.74. The van der Waals surface area contributed by atoms with Crippen LogP contribution in [0.2, 0.25) is 0 Å². The number of hydrogen-bond donors (Lipinski definition) is 1. The summed E-state index contributed by atoms with van der Waals surface area (Å²) in [5, 5.41) is 16.5. The smallest absolute Gasteiger partial charge is 0.181 e. The number of fused-ring (bicyclic) bond motifs is 1. The number of hydrogen-bond acceptors (Lipinski definition) is 4. The Kier molecular flexibility index (Phi) is 2.35. The van der Waals surface area contributed by atoms with Gasteiger partial charge in [0.1, 0.15) is 5.82 Å². The summed E-state index contributed by atoms with van der Waals surface area (Å²) in [6, 6.07) is 9.43. The number of nitriles is 1. The van der Waals surface area contributed by atoms with Gasteiger partial charge in [-0.25, -0.2) is 9.67 Å². The third kappa shape index (κ3) is 1.79. The van der Waals surface area contributed by atoms with Crippen LogP contribution in [0.4, 0.5) is 0 Å². The highest BCUT2D eigenvalue weighted by molar-refractivity contribution is 5.56. The number of benzene rings is 1. The maximum absolute atomic E-state index is 8.74. The Morgan fingerprint density at radius 2 is 2.12 bits per heavy atom. The lowest BCUT2D eigenvalue weighted by molar-refractivity contribution is 0.469. The predicted molar refractivity (Wildman–Crippen MR) is 61.9 cm³/mol. The molecule has 0 fully saturated rings. The molecule has 0 atom stereocenters. The van der Waals surface area contributed by atoms with E-state index in [1.807, 2.05) is 16.8 Å². The zero-order valence-corrected chi connectivity index (χ0v) is 9.22. The minimum atomic E-state index is 0.652. The van der Waals surface area contributed by atoms with Crippen molar-refractivity contribution < 1.29 is 0 Å². The topological polar surface area (TPSA) is 66.5 Å². The van der Waals surface area contributed by atoms with Crippen LogP contribution in [0.3, 0.4) is 0 Å². The average molecular weight is 225 g/mol. The zero-order chi connectivity index (χ0) is 11.7. The predicted octanol–water partition coefficient (Wildman–Crippen LogP) is 0.920. The molecule has 1 N–H and O–H groups in total. The molecule has 5 heteroatoms. The molecule has 1 aliphatic heterocycles. The summed E-state index contributed by atoms with van der Waals surface area (Å²) in [6.07, 6.45) is 0. The van der Waals surface area contributed by atoms with E-state index in [4.69, 9.17) is 5.26 Å². The van der Waals surface area contributed by atoms with Crippen molar-refractivity contribution in [2.45, 2.75) is 13.1 Å². The van der Waals surface area contributed by atoms with Crippen LogP contribution in [-0.2, 0) is 13.1 Å². The number of rotatable bonds is 1. The van der Waals surface area contributed by atoms with E-state index in [0.717, 1.165) is 36.8 Å². The minimum Gasteiger partial charge on any atom is -0.308 e. The van der Waals surface area contributed by atoms with Crippen molar-refractivity contribution in [1.29, 1.82) is 5.26 Å². The monoisotopic (exact) mass is 225 g/mol. The van der Waals surface area contributed by atoms with Gasteiger partial charge in [-0.2, -0.15) is 10.4 Å². The molecule has 3 rings (SSSR count). The van der Waals surface area contributed by atoms with E-state index >= 15 is 0 Å². The molecule has 0 amide bonds. The van der Waals surface area contributed by atoms with E-state index in [1.165, 1.54) is 0 Å². The summed E-state index contributed by atoms with van der Waals surface area (Å²) in [5.74, 6) is 1.70. The molecule has 2 aromatic rings. The van der Waals surface area contributed by atoms with Gasteiger partial charge in [0.05, 0.1) is 24.7 Å². The van der Waals surface area contributed by atoms with Gasteiger partial charge in [-0.05, 0) is 24.3 Å².